The van der Waals surface area contributed by atoms with Gasteiger partial charge in [-0.25, -0.2) is 8.78 Å². The summed E-state index contributed by atoms with van der Waals surface area (Å²) in [4.78, 5) is 12.6. The Morgan fingerprint density at radius 2 is 1.73 bits per heavy atom. The fourth-order valence-corrected chi connectivity index (χ4v) is 2.97. The van der Waals surface area contributed by atoms with Gasteiger partial charge >= 0.3 is 0 Å². The number of hydrogen-bond donors (Lipinski definition) is 1. The first-order valence-corrected chi connectivity index (χ1v) is 8.42. The normalized spacial score (nSPS) is 11.0. The minimum absolute atomic E-state index is 0.0204. The largest absolute Gasteiger partial charge is 0.350 e. The van der Waals surface area contributed by atoms with Crippen molar-refractivity contribution >= 4 is 5.91 Å². The van der Waals surface area contributed by atoms with Crippen molar-refractivity contribution in [2.45, 2.75) is 26.8 Å². The van der Waals surface area contributed by atoms with Gasteiger partial charge in [-0.05, 0) is 44.5 Å². The van der Waals surface area contributed by atoms with Crippen LogP contribution >= 0.6 is 0 Å². The molecule has 3 aromatic rings. The number of aromatic nitrogens is 1. The van der Waals surface area contributed by atoms with E-state index in [1.165, 1.54) is 12.1 Å². The molecular weight excluding hydrogens is 334 g/mol. The molecule has 1 N–H and O–H groups in total. The third-order valence-corrected chi connectivity index (χ3v) is 4.13. The highest BCUT2D eigenvalue weighted by Crippen LogP contribution is 2.30. The second-order valence-electron chi connectivity index (χ2n) is 6.45. The van der Waals surface area contributed by atoms with E-state index < -0.39 is 11.6 Å². The van der Waals surface area contributed by atoms with Gasteiger partial charge in [-0.1, -0.05) is 30.3 Å². The molecule has 0 unspecified atom stereocenters. The molecule has 0 saturated heterocycles. The Morgan fingerprint density at radius 1 is 1.04 bits per heavy atom. The zero-order valence-corrected chi connectivity index (χ0v) is 14.9. The second-order valence-corrected chi connectivity index (χ2v) is 6.45. The van der Waals surface area contributed by atoms with Gasteiger partial charge in [-0.3, -0.25) is 4.79 Å². The van der Waals surface area contributed by atoms with Crippen LogP contribution in [-0.4, -0.2) is 16.5 Å². The van der Waals surface area contributed by atoms with Crippen LogP contribution in [0.1, 0.15) is 29.9 Å². The molecule has 1 heterocycles. The molecule has 3 rings (SSSR count). The van der Waals surface area contributed by atoms with E-state index in [1.807, 2.05) is 44.2 Å². The van der Waals surface area contributed by atoms with Gasteiger partial charge < -0.3 is 9.88 Å². The highest BCUT2D eigenvalue weighted by atomic mass is 19.1. The lowest BCUT2D eigenvalue weighted by molar-refractivity contribution is 0.0942. The van der Waals surface area contributed by atoms with Crippen LogP contribution in [0.25, 0.3) is 16.9 Å². The minimum atomic E-state index is -0.684. The second kappa shape index (κ2) is 7.12. The quantitative estimate of drug-likeness (QED) is 0.713. The Balaban J connectivity index is 2.24. The van der Waals surface area contributed by atoms with Crippen molar-refractivity contribution in [3.05, 3.63) is 77.5 Å². The van der Waals surface area contributed by atoms with E-state index in [4.69, 9.17) is 0 Å². The van der Waals surface area contributed by atoms with E-state index in [2.05, 4.69) is 5.32 Å². The molecule has 0 aliphatic heterocycles. The maximum absolute atomic E-state index is 14.5. The number of carbonyl (C=O) groups excluding carboxylic acids is 1. The summed E-state index contributed by atoms with van der Waals surface area (Å²) in [6.07, 6.45) is 0. The SMILES string of the molecule is Cc1c(C(=O)NC(C)C)cc(-c2ccccc2)n1-c1ccc(F)cc1F. The predicted molar refractivity (Wildman–Crippen MR) is 98.5 cm³/mol. The Bertz CT molecular complexity index is 946. The van der Waals surface area contributed by atoms with Crippen LogP contribution in [0, 0.1) is 18.6 Å². The molecule has 2 aromatic carbocycles. The lowest BCUT2D eigenvalue weighted by Crippen LogP contribution is -2.30. The average Bonchev–Trinajstić information content (AvgIpc) is 2.93. The van der Waals surface area contributed by atoms with Crippen LogP contribution in [-0.2, 0) is 0 Å². The molecule has 0 bridgehead atoms. The summed E-state index contributed by atoms with van der Waals surface area (Å²) in [5.74, 6) is -1.55. The van der Waals surface area contributed by atoms with Crippen LogP contribution in [0.3, 0.4) is 0 Å². The number of halogens is 2. The average molecular weight is 354 g/mol. The van der Waals surface area contributed by atoms with Crippen molar-refractivity contribution in [3.8, 4) is 16.9 Å². The molecule has 0 saturated carbocycles. The zero-order valence-electron chi connectivity index (χ0n) is 14.9. The van der Waals surface area contributed by atoms with E-state index in [0.717, 1.165) is 11.6 Å². The van der Waals surface area contributed by atoms with Crippen LogP contribution in [0.4, 0.5) is 8.78 Å². The molecule has 0 atom stereocenters. The van der Waals surface area contributed by atoms with Gasteiger partial charge in [0.25, 0.3) is 5.91 Å². The van der Waals surface area contributed by atoms with Crippen molar-refractivity contribution in [1.29, 1.82) is 0 Å². The van der Waals surface area contributed by atoms with E-state index in [1.54, 1.807) is 17.6 Å². The molecule has 1 amide bonds. The number of hydrogen-bond acceptors (Lipinski definition) is 1. The highest BCUT2D eigenvalue weighted by Gasteiger charge is 2.21. The van der Waals surface area contributed by atoms with E-state index in [-0.39, 0.29) is 17.6 Å². The Labute approximate surface area is 151 Å². The highest BCUT2D eigenvalue weighted by molar-refractivity contribution is 5.97. The number of carbonyl (C=O) groups is 1. The Morgan fingerprint density at radius 3 is 2.35 bits per heavy atom. The number of nitrogens with one attached hydrogen (secondary N) is 1. The summed E-state index contributed by atoms with van der Waals surface area (Å²) >= 11 is 0. The zero-order chi connectivity index (χ0) is 18.8. The molecule has 0 fully saturated rings. The van der Waals surface area contributed by atoms with Gasteiger partial charge in [0, 0.05) is 17.8 Å². The monoisotopic (exact) mass is 354 g/mol. The number of amides is 1. The summed E-state index contributed by atoms with van der Waals surface area (Å²) in [6, 6.07) is 14.6. The van der Waals surface area contributed by atoms with Gasteiger partial charge in [0.15, 0.2) is 0 Å². The smallest absolute Gasteiger partial charge is 0.253 e. The number of nitrogens with zero attached hydrogens (tertiary/aromatic N) is 1. The third-order valence-electron chi connectivity index (χ3n) is 4.13. The molecule has 0 aliphatic rings. The summed E-state index contributed by atoms with van der Waals surface area (Å²) in [6.45, 7) is 5.51. The van der Waals surface area contributed by atoms with E-state index in [9.17, 15) is 13.6 Å². The molecule has 1 aromatic heterocycles. The van der Waals surface area contributed by atoms with Gasteiger partial charge in [0.2, 0.25) is 0 Å². The van der Waals surface area contributed by atoms with Crippen molar-refractivity contribution in [3.63, 3.8) is 0 Å². The molecule has 0 aliphatic carbocycles. The van der Waals surface area contributed by atoms with Gasteiger partial charge in [0.1, 0.15) is 11.6 Å². The van der Waals surface area contributed by atoms with Crippen molar-refractivity contribution < 1.29 is 13.6 Å². The molecule has 134 valence electrons. The maximum Gasteiger partial charge on any atom is 0.253 e. The first kappa shape index (κ1) is 17.9. The predicted octanol–water partition coefficient (Wildman–Crippen LogP) is 4.87. The fourth-order valence-electron chi connectivity index (χ4n) is 2.97. The molecule has 0 spiro atoms. The van der Waals surface area contributed by atoms with Crippen LogP contribution < -0.4 is 5.32 Å². The molecule has 3 nitrogen and oxygen atoms in total. The molecule has 0 radical (unpaired) electrons. The molecule has 26 heavy (non-hydrogen) atoms. The standard InChI is InChI=1S/C21H20F2N2O/c1-13(2)24-21(26)17-12-20(15-7-5-4-6-8-15)25(14(17)3)19-10-9-16(22)11-18(19)23/h4-13H,1-3H3,(H,24,26). The Hall–Kier alpha value is -2.95. The van der Waals surface area contributed by atoms with Gasteiger partial charge in [-0.2, -0.15) is 0 Å². The van der Waals surface area contributed by atoms with E-state index in [0.29, 0.717) is 17.0 Å². The van der Waals surface area contributed by atoms with Gasteiger partial charge in [0.05, 0.1) is 16.9 Å². The summed E-state index contributed by atoms with van der Waals surface area (Å²) < 4.78 is 29.5. The first-order chi connectivity index (χ1) is 12.4. The fraction of sp³-hybridized carbons (Fsp3) is 0.190. The van der Waals surface area contributed by atoms with Crippen LogP contribution in [0.5, 0.6) is 0 Å². The van der Waals surface area contributed by atoms with E-state index >= 15 is 0 Å². The summed E-state index contributed by atoms with van der Waals surface area (Å²) in [5.41, 5.74) is 2.76. The molecule has 5 heteroatoms. The van der Waals surface area contributed by atoms with Crippen molar-refractivity contribution in [1.82, 2.24) is 9.88 Å². The first-order valence-electron chi connectivity index (χ1n) is 8.42. The third kappa shape index (κ3) is 3.38. The van der Waals surface area contributed by atoms with Gasteiger partial charge in [-0.15, -0.1) is 0 Å². The lowest BCUT2D eigenvalue weighted by atomic mass is 10.1. The summed E-state index contributed by atoms with van der Waals surface area (Å²) in [7, 11) is 0. The minimum Gasteiger partial charge on any atom is -0.350 e. The number of rotatable bonds is 4. The maximum atomic E-state index is 14.5. The lowest BCUT2D eigenvalue weighted by Gasteiger charge is -2.13. The number of benzene rings is 2. The summed E-state index contributed by atoms with van der Waals surface area (Å²) in [5, 5.41) is 2.86. The Kier molecular flexibility index (Phi) is 4.89. The molecular formula is C21H20F2N2O. The van der Waals surface area contributed by atoms with Crippen molar-refractivity contribution in [2.24, 2.45) is 0 Å². The van der Waals surface area contributed by atoms with Crippen LogP contribution in [0.15, 0.2) is 54.6 Å². The topological polar surface area (TPSA) is 34.0 Å². The van der Waals surface area contributed by atoms with Crippen LogP contribution in [0.2, 0.25) is 0 Å². The van der Waals surface area contributed by atoms with Crippen molar-refractivity contribution in [2.75, 3.05) is 0 Å².